The number of aryl methyl sites for hydroxylation is 2. The fraction of sp³-hybridized carbons (Fsp3) is 0.562. The normalized spacial score (nSPS) is 12.1. The van der Waals surface area contributed by atoms with Crippen molar-refractivity contribution in [2.24, 2.45) is 0 Å². The van der Waals surface area contributed by atoms with Crippen molar-refractivity contribution in [2.45, 2.75) is 59.5 Å². The third kappa shape index (κ3) is 3.70. The Kier molecular flexibility index (Phi) is 4.66. The summed E-state index contributed by atoms with van der Waals surface area (Å²) in [6, 6.07) is 1.99. The number of nitrogens with zero attached hydrogens (tertiary/aromatic N) is 1. The molecule has 0 aliphatic carbocycles. The standard InChI is InChI=1S/C16H24N2OS/c1-6-7-12-13(10-17-16(3,4)5)20-15(18-12)14-11(2)8-9-19-14/h8-9,17H,6-7,10H2,1-5H3. The topological polar surface area (TPSA) is 38.1 Å². The average Bonchev–Trinajstić information content (AvgIpc) is 2.92. The van der Waals surface area contributed by atoms with E-state index < -0.39 is 0 Å². The minimum absolute atomic E-state index is 0.119. The summed E-state index contributed by atoms with van der Waals surface area (Å²) in [6.45, 7) is 11.7. The second kappa shape index (κ2) is 6.10. The molecule has 2 aromatic rings. The molecule has 0 unspecified atom stereocenters. The summed E-state index contributed by atoms with van der Waals surface area (Å²) >= 11 is 1.74. The fourth-order valence-electron chi connectivity index (χ4n) is 1.99. The van der Waals surface area contributed by atoms with E-state index in [0.717, 1.165) is 35.7 Å². The zero-order chi connectivity index (χ0) is 14.8. The van der Waals surface area contributed by atoms with E-state index in [1.54, 1.807) is 17.6 Å². The lowest BCUT2D eigenvalue weighted by Gasteiger charge is -2.20. The highest BCUT2D eigenvalue weighted by Crippen LogP contribution is 2.31. The smallest absolute Gasteiger partial charge is 0.165 e. The van der Waals surface area contributed by atoms with Crippen molar-refractivity contribution in [1.82, 2.24) is 10.3 Å². The lowest BCUT2D eigenvalue weighted by Crippen LogP contribution is -2.35. The van der Waals surface area contributed by atoms with Crippen LogP contribution in [-0.4, -0.2) is 10.5 Å². The van der Waals surface area contributed by atoms with Gasteiger partial charge in [-0.05, 0) is 45.7 Å². The highest BCUT2D eigenvalue weighted by Gasteiger charge is 2.17. The van der Waals surface area contributed by atoms with E-state index >= 15 is 0 Å². The average molecular weight is 292 g/mol. The second-order valence-corrected chi connectivity index (χ2v) is 7.26. The molecule has 2 heterocycles. The highest BCUT2D eigenvalue weighted by atomic mass is 32.1. The van der Waals surface area contributed by atoms with E-state index in [4.69, 9.17) is 9.40 Å². The van der Waals surface area contributed by atoms with Gasteiger partial charge in [0.15, 0.2) is 10.8 Å². The van der Waals surface area contributed by atoms with Crippen LogP contribution in [0.25, 0.3) is 10.8 Å². The van der Waals surface area contributed by atoms with Crippen molar-refractivity contribution in [3.05, 3.63) is 28.5 Å². The van der Waals surface area contributed by atoms with Crippen molar-refractivity contribution in [1.29, 1.82) is 0 Å². The van der Waals surface area contributed by atoms with Gasteiger partial charge in [-0.2, -0.15) is 0 Å². The molecule has 110 valence electrons. The Bertz CT molecular complexity index is 563. The Balaban J connectivity index is 2.26. The molecule has 0 fully saturated rings. The van der Waals surface area contributed by atoms with Crippen LogP contribution in [0.5, 0.6) is 0 Å². The number of thiazole rings is 1. The minimum Gasteiger partial charge on any atom is -0.462 e. The zero-order valence-electron chi connectivity index (χ0n) is 13.0. The largest absolute Gasteiger partial charge is 0.462 e. The van der Waals surface area contributed by atoms with Gasteiger partial charge in [0.1, 0.15) is 0 Å². The number of aromatic nitrogens is 1. The lowest BCUT2D eigenvalue weighted by atomic mass is 10.1. The summed E-state index contributed by atoms with van der Waals surface area (Å²) < 4.78 is 5.57. The maximum atomic E-state index is 5.57. The van der Waals surface area contributed by atoms with Crippen LogP contribution >= 0.6 is 11.3 Å². The van der Waals surface area contributed by atoms with Gasteiger partial charge in [0.05, 0.1) is 12.0 Å². The van der Waals surface area contributed by atoms with Crippen LogP contribution in [0.1, 0.15) is 50.3 Å². The van der Waals surface area contributed by atoms with Gasteiger partial charge in [-0.3, -0.25) is 0 Å². The van der Waals surface area contributed by atoms with Crippen molar-refractivity contribution >= 4 is 11.3 Å². The van der Waals surface area contributed by atoms with Crippen molar-refractivity contribution in [3.63, 3.8) is 0 Å². The molecule has 0 saturated heterocycles. The van der Waals surface area contributed by atoms with Crippen LogP contribution in [0, 0.1) is 6.92 Å². The van der Waals surface area contributed by atoms with Gasteiger partial charge in [-0.1, -0.05) is 13.3 Å². The Labute approximate surface area is 125 Å². The van der Waals surface area contributed by atoms with Gasteiger partial charge in [0, 0.05) is 17.0 Å². The summed E-state index contributed by atoms with van der Waals surface area (Å²) in [7, 11) is 0. The third-order valence-electron chi connectivity index (χ3n) is 3.10. The molecule has 0 aliphatic rings. The number of furan rings is 1. The van der Waals surface area contributed by atoms with Crippen molar-refractivity contribution in [2.75, 3.05) is 0 Å². The first kappa shape index (κ1) is 15.3. The molecular weight excluding hydrogens is 268 g/mol. The van der Waals surface area contributed by atoms with Crippen LogP contribution < -0.4 is 5.32 Å². The Morgan fingerprint density at radius 2 is 2.10 bits per heavy atom. The van der Waals surface area contributed by atoms with Gasteiger partial charge in [-0.15, -0.1) is 11.3 Å². The summed E-state index contributed by atoms with van der Waals surface area (Å²) in [4.78, 5) is 6.12. The molecule has 1 N–H and O–H groups in total. The first-order valence-electron chi connectivity index (χ1n) is 7.19. The molecule has 0 atom stereocenters. The highest BCUT2D eigenvalue weighted by molar-refractivity contribution is 7.15. The first-order valence-corrected chi connectivity index (χ1v) is 8.00. The van der Waals surface area contributed by atoms with E-state index in [1.807, 2.05) is 6.07 Å². The molecular formula is C16H24N2OS. The minimum atomic E-state index is 0.119. The predicted molar refractivity (Wildman–Crippen MR) is 85.1 cm³/mol. The van der Waals surface area contributed by atoms with E-state index in [-0.39, 0.29) is 5.54 Å². The summed E-state index contributed by atoms with van der Waals surface area (Å²) in [5, 5.41) is 4.55. The quantitative estimate of drug-likeness (QED) is 0.878. The van der Waals surface area contributed by atoms with E-state index in [1.165, 1.54) is 10.6 Å². The molecule has 4 heteroatoms. The van der Waals surface area contributed by atoms with Gasteiger partial charge >= 0.3 is 0 Å². The number of hydrogen-bond donors (Lipinski definition) is 1. The molecule has 0 bridgehead atoms. The Morgan fingerprint density at radius 3 is 2.65 bits per heavy atom. The molecule has 0 spiro atoms. The van der Waals surface area contributed by atoms with Gasteiger partial charge in [0.2, 0.25) is 0 Å². The lowest BCUT2D eigenvalue weighted by molar-refractivity contribution is 0.425. The Hall–Kier alpha value is -1.13. The molecule has 0 radical (unpaired) electrons. The summed E-state index contributed by atoms with van der Waals surface area (Å²) in [6.07, 6.45) is 3.87. The molecule has 0 saturated carbocycles. The van der Waals surface area contributed by atoms with Crippen molar-refractivity contribution in [3.8, 4) is 10.8 Å². The summed E-state index contributed by atoms with van der Waals surface area (Å²) in [5.74, 6) is 0.911. The van der Waals surface area contributed by atoms with E-state index in [9.17, 15) is 0 Å². The monoisotopic (exact) mass is 292 g/mol. The maximum Gasteiger partial charge on any atom is 0.165 e. The van der Waals surface area contributed by atoms with Gasteiger partial charge in [0.25, 0.3) is 0 Å². The van der Waals surface area contributed by atoms with Crippen LogP contribution in [0.15, 0.2) is 16.7 Å². The zero-order valence-corrected chi connectivity index (χ0v) is 13.9. The SMILES string of the molecule is CCCc1nc(-c2occc2C)sc1CNC(C)(C)C. The fourth-order valence-corrected chi connectivity index (χ4v) is 3.09. The predicted octanol–water partition coefficient (Wildman–Crippen LogP) is 4.55. The third-order valence-corrected chi connectivity index (χ3v) is 4.20. The molecule has 0 aliphatic heterocycles. The van der Waals surface area contributed by atoms with Crippen molar-refractivity contribution < 1.29 is 4.42 Å². The number of hydrogen-bond acceptors (Lipinski definition) is 4. The second-order valence-electron chi connectivity index (χ2n) is 6.18. The number of rotatable bonds is 5. The van der Waals surface area contributed by atoms with Crippen LogP contribution in [0.3, 0.4) is 0 Å². The summed E-state index contributed by atoms with van der Waals surface area (Å²) in [5.41, 5.74) is 2.48. The molecule has 20 heavy (non-hydrogen) atoms. The maximum absolute atomic E-state index is 5.57. The van der Waals surface area contributed by atoms with Crippen LogP contribution in [-0.2, 0) is 13.0 Å². The van der Waals surface area contributed by atoms with Crippen LogP contribution in [0.2, 0.25) is 0 Å². The Morgan fingerprint density at radius 1 is 1.35 bits per heavy atom. The van der Waals surface area contributed by atoms with Gasteiger partial charge in [-0.25, -0.2) is 4.98 Å². The molecule has 2 rings (SSSR count). The molecule has 2 aromatic heterocycles. The van der Waals surface area contributed by atoms with E-state index in [0.29, 0.717) is 0 Å². The number of nitrogens with one attached hydrogen (secondary N) is 1. The van der Waals surface area contributed by atoms with Gasteiger partial charge < -0.3 is 9.73 Å². The first-order chi connectivity index (χ1) is 9.40. The van der Waals surface area contributed by atoms with Crippen LogP contribution in [0.4, 0.5) is 0 Å². The molecule has 0 aromatic carbocycles. The molecule has 0 amide bonds. The van der Waals surface area contributed by atoms with E-state index in [2.05, 4.69) is 39.9 Å². The molecule has 3 nitrogen and oxygen atoms in total.